The van der Waals surface area contributed by atoms with Gasteiger partial charge in [0.2, 0.25) is 0 Å². The number of hydrogen-bond donors (Lipinski definition) is 0. The number of halogens is 1. The fourth-order valence-corrected chi connectivity index (χ4v) is 2.05. The monoisotopic (exact) mass is 271 g/mol. The lowest BCUT2D eigenvalue weighted by Gasteiger charge is -2.15. The number of carbonyl (C=O) groups excluding carboxylic acids is 2. The fourth-order valence-electron chi connectivity index (χ4n) is 2.05. The number of para-hydroxylation sites is 1. The number of amides is 2. The highest BCUT2D eigenvalue weighted by atomic mass is 19.1. The number of hydrogen-bond acceptors (Lipinski definition) is 3. The Morgan fingerprint density at radius 2 is 1.45 bits per heavy atom. The van der Waals surface area contributed by atoms with Gasteiger partial charge in [-0.2, -0.15) is 0 Å². The number of benzene rings is 2. The molecule has 0 radical (unpaired) electrons. The van der Waals surface area contributed by atoms with Crippen molar-refractivity contribution in [3.05, 3.63) is 65.5 Å². The highest BCUT2D eigenvalue weighted by Gasteiger charge is 2.35. The van der Waals surface area contributed by atoms with Gasteiger partial charge in [0.05, 0.1) is 11.1 Å². The first kappa shape index (κ1) is 12.3. The molecule has 5 heteroatoms. The van der Waals surface area contributed by atoms with Crippen LogP contribution in [-0.2, 0) is 0 Å². The zero-order valence-corrected chi connectivity index (χ0v) is 10.4. The van der Waals surface area contributed by atoms with Crippen LogP contribution < -0.4 is 4.74 Å². The molecule has 1 aliphatic heterocycles. The van der Waals surface area contributed by atoms with Crippen molar-refractivity contribution in [2.24, 2.45) is 0 Å². The van der Waals surface area contributed by atoms with Gasteiger partial charge in [0, 0.05) is 0 Å². The van der Waals surface area contributed by atoms with E-state index in [0.29, 0.717) is 11.1 Å². The van der Waals surface area contributed by atoms with E-state index in [-0.39, 0.29) is 12.5 Å². The first-order chi connectivity index (χ1) is 9.68. The molecule has 2 amide bonds. The van der Waals surface area contributed by atoms with E-state index < -0.39 is 17.6 Å². The van der Waals surface area contributed by atoms with Crippen LogP contribution in [-0.4, -0.2) is 23.4 Å². The van der Waals surface area contributed by atoms with E-state index in [1.165, 1.54) is 18.2 Å². The highest BCUT2D eigenvalue weighted by Crippen LogP contribution is 2.23. The van der Waals surface area contributed by atoms with Crippen molar-refractivity contribution in [1.82, 2.24) is 4.90 Å². The summed E-state index contributed by atoms with van der Waals surface area (Å²) in [6.45, 7) is -0.312. The van der Waals surface area contributed by atoms with Crippen LogP contribution in [0.5, 0.6) is 5.75 Å². The molecule has 1 heterocycles. The second-order valence-corrected chi connectivity index (χ2v) is 4.29. The Hall–Kier alpha value is -2.69. The van der Waals surface area contributed by atoms with E-state index in [9.17, 15) is 14.0 Å². The number of imide groups is 1. The summed E-state index contributed by atoms with van der Waals surface area (Å²) in [5.74, 6) is -1.39. The lowest BCUT2D eigenvalue weighted by Crippen LogP contribution is -2.33. The van der Waals surface area contributed by atoms with Crippen LogP contribution in [0.1, 0.15) is 20.7 Å². The van der Waals surface area contributed by atoms with E-state index in [2.05, 4.69) is 0 Å². The molecule has 0 aromatic heterocycles. The minimum atomic E-state index is -0.538. The van der Waals surface area contributed by atoms with Gasteiger partial charge in [-0.1, -0.05) is 24.3 Å². The van der Waals surface area contributed by atoms with Gasteiger partial charge in [0.1, 0.15) is 0 Å². The molecule has 20 heavy (non-hydrogen) atoms. The molecule has 2 aromatic carbocycles. The maximum absolute atomic E-state index is 13.4. The molecule has 0 saturated carbocycles. The number of rotatable bonds is 3. The zero-order valence-electron chi connectivity index (χ0n) is 10.4. The fraction of sp³-hybridized carbons (Fsp3) is 0.0667. The Kier molecular flexibility index (Phi) is 2.95. The molecule has 0 N–H and O–H groups in total. The first-order valence-corrected chi connectivity index (χ1v) is 6.01. The van der Waals surface area contributed by atoms with E-state index in [1.807, 2.05) is 0 Å². The Bertz CT molecular complexity index is 664. The number of ether oxygens (including phenoxy) is 1. The van der Waals surface area contributed by atoms with Crippen molar-refractivity contribution in [2.75, 3.05) is 6.73 Å². The summed E-state index contributed by atoms with van der Waals surface area (Å²) >= 11 is 0. The third kappa shape index (κ3) is 1.93. The smallest absolute Gasteiger partial charge is 0.264 e. The molecule has 1 aliphatic rings. The first-order valence-electron chi connectivity index (χ1n) is 6.01. The third-order valence-electron chi connectivity index (χ3n) is 3.06. The predicted molar refractivity (Wildman–Crippen MR) is 68.8 cm³/mol. The van der Waals surface area contributed by atoms with E-state index in [1.54, 1.807) is 30.3 Å². The summed E-state index contributed by atoms with van der Waals surface area (Å²) in [6, 6.07) is 12.4. The van der Waals surface area contributed by atoms with Crippen molar-refractivity contribution >= 4 is 11.8 Å². The maximum atomic E-state index is 13.4. The summed E-state index contributed by atoms with van der Waals surface area (Å²) in [4.78, 5) is 25.0. The SMILES string of the molecule is O=C1c2ccccc2C(=O)N1COc1ccccc1F. The van der Waals surface area contributed by atoms with Crippen molar-refractivity contribution < 1.29 is 18.7 Å². The molecule has 0 aliphatic carbocycles. The van der Waals surface area contributed by atoms with Crippen molar-refractivity contribution in [3.8, 4) is 5.75 Å². The topological polar surface area (TPSA) is 46.6 Å². The minimum Gasteiger partial charge on any atom is -0.469 e. The third-order valence-corrected chi connectivity index (χ3v) is 3.06. The molecule has 0 fully saturated rings. The summed E-state index contributed by atoms with van der Waals surface area (Å²) in [6.07, 6.45) is 0. The van der Waals surface area contributed by atoms with Gasteiger partial charge in [-0.25, -0.2) is 9.29 Å². The molecule has 0 saturated heterocycles. The van der Waals surface area contributed by atoms with Gasteiger partial charge < -0.3 is 4.74 Å². The van der Waals surface area contributed by atoms with Crippen molar-refractivity contribution in [1.29, 1.82) is 0 Å². The van der Waals surface area contributed by atoms with Crippen LogP contribution >= 0.6 is 0 Å². The zero-order chi connectivity index (χ0) is 14.1. The standard InChI is InChI=1S/C15H10FNO3/c16-12-7-3-4-8-13(12)20-9-17-14(18)10-5-1-2-6-11(10)15(17)19/h1-8H,9H2. The minimum absolute atomic E-state index is 0.00376. The lowest BCUT2D eigenvalue weighted by molar-refractivity contribution is 0.0517. The van der Waals surface area contributed by atoms with Gasteiger partial charge in [-0.3, -0.25) is 9.59 Å². The molecule has 2 aromatic rings. The predicted octanol–water partition coefficient (Wildman–Crippen LogP) is 2.46. The van der Waals surface area contributed by atoms with Crippen LogP contribution in [0.15, 0.2) is 48.5 Å². The Morgan fingerprint density at radius 1 is 0.900 bits per heavy atom. The maximum Gasteiger partial charge on any atom is 0.264 e. The van der Waals surface area contributed by atoms with Crippen LogP contribution in [0.4, 0.5) is 4.39 Å². The summed E-state index contributed by atoms with van der Waals surface area (Å²) < 4.78 is 18.6. The van der Waals surface area contributed by atoms with E-state index in [4.69, 9.17) is 4.74 Å². The molecular formula is C15H10FNO3. The van der Waals surface area contributed by atoms with Gasteiger partial charge in [0.25, 0.3) is 11.8 Å². The number of nitrogens with zero attached hydrogens (tertiary/aromatic N) is 1. The molecule has 4 nitrogen and oxygen atoms in total. The van der Waals surface area contributed by atoms with Crippen LogP contribution in [0, 0.1) is 5.82 Å². The second kappa shape index (κ2) is 4.77. The average molecular weight is 271 g/mol. The highest BCUT2D eigenvalue weighted by molar-refractivity contribution is 6.21. The quantitative estimate of drug-likeness (QED) is 0.806. The molecular weight excluding hydrogens is 261 g/mol. The van der Waals surface area contributed by atoms with Gasteiger partial charge in [-0.05, 0) is 24.3 Å². The number of carbonyl (C=O) groups is 2. The normalized spacial score (nSPS) is 13.6. The van der Waals surface area contributed by atoms with Crippen molar-refractivity contribution in [3.63, 3.8) is 0 Å². The van der Waals surface area contributed by atoms with Crippen LogP contribution in [0.3, 0.4) is 0 Å². The van der Waals surface area contributed by atoms with Gasteiger partial charge >= 0.3 is 0 Å². The number of fused-ring (bicyclic) bond motifs is 1. The lowest BCUT2D eigenvalue weighted by atomic mass is 10.1. The van der Waals surface area contributed by atoms with Crippen LogP contribution in [0.25, 0.3) is 0 Å². The summed E-state index contributed by atoms with van der Waals surface area (Å²) in [5, 5.41) is 0. The Labute approximate surface area is 114 Å². The van der Waals surface area contributed by atoms with E-state index >= 15 is 0 Å². The van der Waals surface area contributed by atoms with Gasteiger partial charge in [-0.15, -0.1) is 0 Å². The molecule has 0 unspecified atom stereocenters. The van der Waals surface area contributed by atoms with Crippen LogP contribution in [0.2, 0.25) is 0 Å². The Morgan fingerprint density at radius 3 is 2.05 bits per heavy atom. The summed E-state index contributed by atoms with van der Waals surface area (Å²) in [5.41, 5.74) is 0.685. The molecule has 0 bridgehead atoms. The molecule has 3 rings (SSSR count). The second-order valence-electron chi connectivity index (χ2n) is 4.29. The average Bonchev–Trinajstić information content (AvgIpc) is 2.71. The largest absolute Gasteiger partial charge is 0.469 e. The molecule has 0 atom stereocenters. The van der Waals surface area contributed by atoms with Crippen molar-refractivity contribution in [2.45, 2.75) is 0 Å². The Balaban J connectivity index is 1.79. The summed E-state index contributed by atoms with van der Waals surface area (Å²) in [7, 11) is 0. The van der Waals surface area contributed by atoms with E-state index in [0.717, 1.165) is 4.90 Å². The van der Waals surface area contributed by atoms with Gasteiger partial charge in [0.15, 0.2) is 18.3 Å². The molecule has 100 valence electrons. The molecule has 0 spiro atoms.